The molecule has 1 aromatic carbocycles. The van der Waals surface area contributed by atoms with Crippen LogP contribution < -0.4 is 5.32 Å². The normalized spacial score (nSPS) is 21.0. The number of carboxylic acids is 1. The zero-order valence-electron chi connectivity index (χ0n) is 13.7. The molecule has 0 saturated carbocycles. The summed E-state index contributed by atoms with van der Waals surface area (Å²) in [6.45, 7) is 2.16. The zero-order chi connectivity index (χ0) is 17.8. The number of carboxylic acid groups (broad SMARTS) is 1. The minimum absolute atomic E-state index is 0.175. The fourth-order valence-corrected chi connectivity index (χ4v) is 2.61. The fourth-order valence-electron chi connectivity index (χ4n) is 2.61. The lowest BCUT2D eigenvalue weighted by Crippen LogP contribution is -2.37. The van der Waals surface area contributed by atoms with Crippen LogP contribution in [0.2, 0.25) is 0 Å². The van der Waals surface area contributed by atoms with E-state index < -0.39 is 18.2 Å². The Kier molecular flexibility index (Phi) is 5.08. The van der Waals surface area contributed by atoms with E-state index in [1.165, 1.54) is 0 Å². The molecule has 1 amide bonds. The summed E-state index contributed by atoms with van der Waals surface area (Å²) >= 11 is 0. The van der Waals surface area contributed by atoms with Gasteiger partial charge in [0, 0.05) is 12.1 Å². The first-order valence-corrected chi connectivity index (χ1v) is 8.09. The van der Waals surface area contributed by atoms with Gasteiger partial charge >= 0.3 is 5.97 Å². The first-order chi connectivity index (χ1) is 12.0. The van der Waals surface area contributed by atoms with Crippen molar-refractivity contribution >= 4 is 11.9 Å². The van der Waals surface area contributed by atoms with E-state index in [0.29, 0.717) is 31.1 Å². The molecule has 3 rings (SSSR count). The van der Waals surface area contributed by atoms with E-state index in [0.717, 1.165) is 5.56 Å². The molecular formula is C17H19N3O5. The van der Waals surface area contributed by atoms with Crippen LogP contribution in [-0.2, 0) is 14.3 Å². The largest absolute Gasteiger partial charge is 0.479 e. The van der Waals surface area contributed by atoms with Crippen molar-refractivity contribution < 1.29 is 24.0 Å². The molecule has 1 fully saturated rings. The van der Waals surface area contributed by atoms with Gasteiger partial charge in [-0.15, -0.1) is 0 Å². The van der Waals surface area contributed by atoms with Crippen LogP contribution in [0.25, 0.3) is 11.4 Å². The number of hydrogen-bond acceptors (Lipinski definition) is 6. The van der Waals surface area contributed by atoms with Gasteiger partial charge in [-0.1, -0.05) is 42.4 Å². The Bertz CT molecular complexity index is 746. The van der Waals surface area contributed by atoms with E-state index in [1.807, 2.05) is 37.3 Å². The van der Waals surface area contributed by atoms with Gasteiger partial charge in [0.2, 0.25) is 17.6 Å². The minimum Gasteiger partial charge on any atom is -0.479 e. The fraction of sp³-hybridized carbons (Fsp3) is 0.412. The Morgan fingerprint density at radius 3 is 2.68 bits per heavy atom. The summed E-state index contributed by atoms with van der Waals surface area (Å²) in [4.78, 5) is 27.3. The molecule has 1 aromatic heterocycles. The standard InChI is InChI=1S/C17H19N3O5/c1-10(9-18-15(21)12-7-8-13(24-12)17(22)23)16-19-14(20-25-16)11-5-3-2-4-6-11/h2-6,10,12-13H,7-9H2,1H3,(H,18,21)(H,22,23)/t10?,12-,13+/m0/s1. The number of hydrogen-bond donors (Lipinski definition) is 2. The first kappa shape index (κ1) is 17.1. The van der Waals surface area contributed by atoms with Gasteiger partial charge in [-0.25, -0.2) is 4.79 Å². The molecule has 25 heavy (non-hydrogen) atoms. The van der Waals surface area contributed by atoms with Gasteiger partial charge in [0.05, 0.1) is 5.92 Å². The molecule has 1 saturated heterocycles. The second-order valence-corrected chi connectivity index (χ2v) is 6.00. The summed E-state index contributed by atoms with van der Waals surface area (Å²) in [5.41, 5.74) is 0.854. The van der Waals surface area contributed by atoms with Crippen LogP contribution in [0, 0.1) is 0 Å². The van der Waals surface area contributed by atoms with Crippen LogP contribution >= 0.6 is 0 Å². The molecule has 2 heterocycles. The average Bonchev–Trinajstić information content (AvgIpc) is 3.29. The maximum absolute atomic E-state index is 12.1. The van der Waals surface area contributed by atoms with Gasteiger partial charge in [0.25, 0.3) is 0 Å². The summed E-state index contributed by atoms with van der Waals surface area (Å²) in [6, 6.07) is 9.46. The number of aromatic nitrogens is 2. The van der Waals surface area contributed by atoms with Crippen LogP contribution in [0.5, 0.6) is 0 Å². The number of benzene rings is 1. The first-order valence-electron chi connectivity index (χ1n) is 8.09. The molecule has 0 spiro atoms. The molecule has 0 radical (unpaired) electrons. The molecule has 3 atom stereocenters. The highest BCUT2D eigenvalue weighted by Gasteiger charge is 2.34. The SMILES string of the molecule is CC(CNC(=O)[C@@H]1CC[C@H](C(=O)O)O1)c1nc(-c2ccccc2)no1. The number of carbonyl (C=O) groups is 2. The quantitative estimate of drug-likeness (QED) is 0.817. The predicted molar refractivity (Wildman–Crippen MR) is 86.7 cm³/mol. The summed E-state index contributed by atoms with van der Waals surface area (Å²) < 4.78 is 10.5. The van der Waals surface area contributed by atoms with E-state index >= 15 is 0 Å². The average molecular weight is 345 g/mol. The van der Waals surface area contributed by atoms with Crippen molar-refractivity contribution in [2.45, 2.75) is 37.9 Å². The molecular weight excluding hydrogens is 326 g/mol. The highest BCUT2D eigenvalue weighted by Crippen LogP contribution is 2.21. The molecule has 2 aromatic rings. The van der Waals surface area contributed by atoms with Crippen molar-refractivity contribution in [3.63, 3.8) is 0 Å². The molecule has 8 heteroatoms. The Hall–Kier alpha value is -2.74. The van der Waals surface area contributed by atoms with Crippen LogP contribution in [0.1, 0.15) is 31.6 Å². The lowest BCUT2D eigenvalue weighted by atomic mass is 10.1. The van der Waals surface area contributed by atoms with Crippen molar-refractivity contribution in [3.05, 3.63) is 36.2 Å². The predicted octanol–water partition coefficient (Wildman–Crippen LogP) is 1.59. The number of aliphatic carboxylic acids is 1. The molecule has 0 bridgehead atoms. The number of carbonyl (C=O) groups excluding carboxylic acids is 1. The van der Waals surface area contributed by atoms with Crippen molar-refractivity contribution in [2.75, 3.05) is 6.54 Å². The zero-order valence-corrected chi connectivity index (χ0v) is 13.7. The molecule has 1 aliphatic heterocycles. The van der Waals surface area contributed by atoms with Gasteiger partial charge < -0.3 is 19.7 Å². The van der Waals surface area contributed by atoms with Gasteiger partial charge in [-0.2, -0.15) is 4.98 Å². The van der Waals surface area contributed by atoms with Crippen molar-refractivity contribution in [3.8, 4) is 11.4 Å². The Morgan fingerprint density at radius 2 is 2.00 bits per heavy atom. The van der Waals surface area contributed by atoms with Crippen LogP contribution in [-0.4, -0.2) is 45.9 Å². The van der Waals surface area contributed by atoms with Crippen LogP contribution in [0.4, 0.5) is 0 Å². The summed E-state index contributed by atoms with van der Waals surface area (Å²) in [7, 11) is 0. The summed E-state index contributed by atoms with van der Waals surface area (Å²) in [5, 5.41) is 15.6. The maximum Gasteiger partial charge on any atom is 0.332 e. The van der Waals surface area contributed by atoms with Gasteiger partial charge in [-0.05, 0) is 12.8 Å². The smallest absolute Gasteiger partial charge is 0.332 e. The highest BCUT2D eigenvalue weighted by molar-refractivity contribution is 5.82. The Morgan fingerprint density at radius 1 is 1.28 bits per heavy atom. The molecule has 8 nitrogen and oxygen atoms in total. The van der Waals surface area contributed by atoms with E-state index in [2.05, 4.69) is 15.5 Å². The van der Waals surface area contributed by atoms with E-state index in [1.54, 1.807) is 0 Å². The van der Waals surface area contributed by atoms with Crippen molar-refractivity contribution in [2.24, 2.45) is 0 Å². The molecule has 132 valence electrons. The third kappa shape index (κ3) is 4.03. The Balaban J connectivity index is 1.53. The third-order valence-corrected chi connectivity index (χ3v) is 4.07. The molecule has 1 aliphatic rings. The number of ether oxygens (including phenoxy) is 1. The number of nitrogens with one attached hydrogen (secondary N) is 1. The van der Waals surface area contributed by atoms with E-state index in [9.17, 15) is 9.59 Å². The van der Waals surface area contributed by atoms with E-state index in [4.69, 9.17) is 14.4 Å². The maximum atomic E-state index is 12.1. The molecule has 2 N–H and O–H groups in total. The number of nitrogens with zero attached hydrogens (tertiary/aromatic N) is 2. The summed E-state index contributed by atoms with van der Waals surface area (Å²) in [5.74, 6) is -0.612. The number of amides is 1. The third-order valence-electron chi connectivity index (χ3n) is 4.07. The van der Waals surface area contributed by atoms with Gasteiger partial charge in [-0.3, -0.25) is 4.79 Å². The van der Waals surface area contributed by atoms with Crippen LogP contribution in [0.15, 0.2) is 34.9 Å². The molecule has 0 aliphatic carbocycles. The number of rotatable bonds is 6. The monoisotopic (exact) mass is 345 g/mol. The van der Waals surface area contributed by atoms with Crippen LogP contribution in [0.3, 0.4) is 0 Å². The minimum atomic E-state index is -1.04. The van der Waals surface area contributed by atoms with Crippen molar-refractivity contribution in [1.82, 2.24) is 15.5 Å². The van der Waals surface area contributed by atoms with Gasteiger partial charge in [0.15, 0.2) is 6.10 Å². The lowest BCUT2D eigenvalue weighted by molar-refractivity contribution is -0.151. The second-order valence-electron chi connectivity index (χ2n) is 6.00. The lowest BCUT2D eigenvalue weighted by Gasteiger charge is -2.13. The molecule has 1 unspecified atom stereocenters. The Labute approximate surface area is 144 Å². The second kappa shape index (κ2) is 7.43. The van der Waals surface area contributed by atoms with Crippen molar-refractivity contribution in [1.29, 1.82) is 0 Å². The van der Waals surface area contributed by atoms with E-state index in [-0.39, 0.29) is 11.8 Å². The van der Waals surface area contributed by atoms with Gasteiger partial charge in [0.1, 0.15) is 6.10 Å². The summed E-state index contributed by atoms with van der Waals surface area (Å²) in [6.07, 6.45) is -0.892. The highest BCUT2D eigenvalue weighted by atomic mass is 16.5. The topological polar surface area (TPSA) is 115 Å².